The first-order valence-electron chi connectivity index (χ1n) is 13.7. The molecule has 2 fully saturated rings. The van der Waals surface area contributed by atoms with E-state index < -0.39 is 11.6 Å². The van der Waals surface area contributed by atoms with Gasteiger partial charge in [0.2, 0.25) is 0 Å². The van der Waals surface area contributed by atoms with Crippen molar-refractivity contribution in [2.24, 2.45) is 21.8 Å². The summed E-state index contributed by atoms with van der Waals surface area (Å²) in [6, 6.07) is 4.53. The number of aryl methyl sites for hydroxylation is 1. The highest BCUT2D eigenvalue weighted by Gasteiger charge is 2.32. The lowest BCUT2D eigenvalue weighted by atomic mass is 9.99. The van der Waals surface area contributed by atoms with Crippen LogP contribution in [0.1, 0.15) is 66.0 Å². The molecule has 4 rings (SSSR count). The first-order valence-corrected chi connectivity index (χ1v) is 14.9. The summed E-state index contributed by atoms with van der Waals surface area (Å²) in [6.45, 7) is 16.1. The minimum Gasteiger partial charge on any atom is -0.328 e. The number of nitrogens with zero attached hydrogens (tertiary/aromatic N) is 4. The zero-order chi connectivity index (χ0) is 29.6. The summed E-state index contributed by atoms with van der Waals surface area (Å²) < 4.78 is 29.7. The fourth-order valence-corrected chi connectivity index (χ4v) is 4.39. The number of H-pyrrole nitrogens is 1. The van der Waals surface area contributed by atoms with Crippen molar-refractivity contribution in [2.45, 2.75) is 72.1 Å². The molecule has 0 atom stereocenters. The summed E-state index contributed by atoms with van der Waals surface area (Å²) in [4.78, 5) is 11.4. The monoisotopic (exact) mass is 568 g/mol. The predicted octanol–water partition coefficient (Wildman–Crippen LogP) is 8.66. The largest absolute Gasteiger partial charge is 0.328 e. The lowest BCUT2D eigenvalue weighted by Gasteiger charge is -2.22. The number of aromatic nitrogens is 2. The number of amidine groups is 1. The predicted molar refractivity (Wildman–Crippen MR) is 166 cm³/mol. The summed E-state index contributed by atoms with van der Waals surface area (Å²) in [5.41, 5.74) is 4.09. The molecule has 0 unspecified atom stereocenters. The molecule has 2 aromatic rings. The molecular formula is C31H42F2N6S. The van der Waals surface area contributed by atoms with Crippen LogP contribution >= 0.6 is 11.8 Å². The van der Waals surface area contributed by atoms with E-state index in [1.165, 1.54) is 41.6 Å². The maximum absolute atomic E-state index is 14.9. The summed E-state index contributed by atoms with van der Waals surface area (Å²) in [5.74, 6) is 1.57. The van der Waals surface area contributed by atoms with E-state index in [0.29, 0.717) is 22.4 Å². The van der Waals surface area contributed by atoms with E-state index in [4.69, 9.17) is 4.99 Å². The van der Waals surface area contributed by atoms with Crippen LogP contribution in [0.4, 0.5) is 20.3 Å². The number of rotatable bonds is 9. The van der Waals surface area contributed by atoms with E-state index in [2.05, 4.69) is 34.0 Å². The molecule has 0 bridgehead atoms. The lowest BCUT2D eigenvalue weighted by molar-refractivity contribution is 0.579. The molecule has 0 spiro atoms. The fourth-order valence-electron chi connectivity index (χ4n) is 3.94. The molecular weight excluding hydrogens is 526 g/mol. The van der Waals surface area contributed by atoms with Gasteiger partial charge in [0.15, 0.2) is 17.5 Å². The van der Waals surface area contributed by atoms with Gasteiger partial charge in [-0.3, -0.25) is 10.1 Å². The normalized spacial score (nSPS) is 16.1. The summed E-state index contributed by atoms with van der Waals surface area (Å²) in [7, 11) is 1.60. The van der Waals surface area contributed by atoms with Crippen molar-refractivity contribution in [1.82, 2.24) is 10.2 Å². The first kappa shape index (κ1) is 31.3. The summed E-state index contributed by atoms with van der Waals surface area (Å²) in [5, 5.41) is 10.5. The lowest BCUT2D eigenvalue weighted by Crippen LogP contribution is -2.26. The third kappa shape index (κ3) is 8.65. The number of nitrogens with one attached hydrogen (secondary N) is 2. The van der Waals surface area contributed by atoms with Gasteiger partial charge in [-0.25, -0.2) is 13.8 Å². The number of halogens is 2. The van der Waals surface area contributed by atoms with Gasteiger partial charge >= 0.3 is 0 Å². The van der Waals surface area contributed by atoms with Crippen molar-refractivity contribution < 1.29 is 8.78 Å². The van der Waals surface area contributed by atoms with Crippen molar-refractivity contribution in [3.8, 4) is 0 Å². The third-order valence-electron chi connectivity index (χ3n) is 6.63. The maximum Gasteiger partial charge on any atom is 0.153 e. The van der Waals surface area contributed by atoms with Gasteiger partial charge in [-0.05, 0) is 83.3 Å². The Bertz CT molecular complexity index is 1320. The Hall–Kier alpha value is -3.20. The fraction of sp³-hybridized carbons (Fsp3) is 0.452. The average molecular weight is 569 g/mol. The second-order valence-electron chi connectivity index (χ2n) is 10.6. The minimum atomic E-state index is -0.645. The Balaban J connectivity index is 0.00000101. The number of allylic oxidation sites excluding steroid dienone is 2. The smallest absolute Gasteiger partial charge is 0.153 e. The van der Waals surface area contributed by atoms with E-state index in [9.17, 15) is 8.78 Å². The Kier molecular flexibility index (Phi) is 10.9. The molecule has 2 aliphatic rings. The number of hydrogen-bond acceptors (Lipinski definition) is 5. The maximum atomic E-state index is 14.9. The van der Waals surface area contributed by atoms with Gasteiger partial charge in [0, 0.05) is 35.0 Å². The quantitative estimate of drug-likeness (QED) is 0.137. The second-order valence-corrected chi connectivity index (χ2v) is 11.5. The van der Waals surface area contributed by atoms with E-state index in [0.717, 1.165) is 47.0 Å². The minimum absolute atomic E-state index is 0.156. The molecule has 2 saturated carbocycles. The summed E-state index contributed by atoms with van der Waals surface area (Å²) in [6.07, 6.45) is 8.66. The topological polar surface area (TPSA) is 68.7 Å². The van der Waals surface area contributed by atoms with E-state index in [1.807, 2.05) is 39.8 Å². The Morgan fingerprint density at radius 2 is 1.73 bits per heavy atom. The van der Waals surface area contributed by atoms with Crippen LogP contribution in [0.5, 0.6) is 0 Å². The van der Waals surface area contributed by atoms with Gasteiger partial charge in [0.05, 0.1) is 5.70 Å². The first-order chi connectivity index (χ1) is 18.9. The number of benzene rings is 1. The average Bonchev–Trinajstić information content (AvgIpc) is 3.83. The highest BCUT2D eigenvalue weighted by atomic mass is 32.2. The van der Waals surface area contributed by atoms with Crippen LogP contribution in [-0.2, 0) is 0 Å². The molecule has 216 valence electrons. The highest BCUT2D eigenvalue weighted by Crippen LogP contribution is 2.44. The van der Waals surface area contributed by atoms with Crippen molar-refractivity contribution >= 4 is 34.8 Å². The molecule has 0 saturated heterocycles. The molecule has 40 heavy (non-hydrogen) atoms. The number of hydrogen-bond donors (Lipinski definition) is 2. The molecule has 0 aliphatic heterocycles. The zero-order valence-electron chi connectivity index (χ0n) is 25.0. The van der Waals surface area contributed by atoms with Crippen molar-refractivity contribution in [3.63, 3.8) is 0 Å². The van der Waals surface area contributed by atoms with Gasteiger partial charge in [-0.1, -0.05) is 32.4 Å². The molecule has 1 heterocycles. The summed E-state index contributed by atoms with van der Waals surface area (Å²) >= 11 is 1.28. The SMILES string of the molecule is C=C(/C(=C/C)N=C(C)C)/C(=C(\N=C(/C)N(C)c1c(F)cc(SC)cc1F)Nc1cc(C)[nH]n1)C1CC1.CC1CC1. The highest BCUT2D eigenvalue weighted by molar-refractivity contribution is 7.98. The van der Waals surface area contributed by atoms with Gasteiger partial charge in [0.1, 0.15) is 17.3 Å². The van der Waals surface area contributed by atoms with Crippen LogP contribution in [0.25, 0.3) is 0 Å². The number of aliphatic imine (C=N–C) groups is 2. The van der Waals surface area contributed by atoms with Gasteiger partial charge in [-0.2, -0.15) is 5.10 Å². The molecule has 1 aromatic carbocycles. The molecule has 0 radical (unpaired) electrons. The van der Waals surface area contributed by atoms with Crippen LogP contribution in [0.3, 0.4) is 0 Å². The van der Waals surface area contributed by atoms with Gasteiger partial charge in [-0.15, -0.1) is 11.8 Å². The van der Waals surface area contributed by atoms with Crippen LogP contribution in [-0.4, -0.2) is 35.0 Å². The van der Waals surface area contributed by atoms with Crippen LogP contribution in [0.2, 0.25) is 0 Å². The number of aromatic amines is 1. The van der Waals surface area contributed by atoms with Crippen molar-refractivity contribution in [2.75, 3.05) is 23.5 Å². The number of thioether (sulfide) groups is 1. The molecule has 2 N–H and O–H groups in total. The van der Waals surface area contributed by atoms with Gasteiger partial charge < -0.3 is 10.2 Å². The number of anilines is 2. The van der Waals surface area contributed by atoms with E-state index >= 15 is 0 Å². The van der Waals surface area contributed by atoms with Crippen LogP contribution in [0, 0.1) is 30.4 Å². The second kappa shape index (κ2) is 13.9. The van der Waals surface area contributed by atoms with Gasteiger partial charge in [0.25, 0.3) is 0 Å². The van der Waals surface area contributed by atoms with E-state index in [-0.39, 0.29) is 11.6 Å². The van der Waals surface area contributed by atoms with Crippen molar-refractivity contribution in [1.29, 1.82) is 0 Å². The standard InChI is InChI=1S/C27H34F2N6S.C4H8/c1-9-23(30-15(2)3)17(5)25(19-10-11-19)27(32-24-12-16(4)33-34-24)31-18(6)35(7)26-21(28)13-20(36-8)14-22(26)29;1-4-2-3-4/h9,12-14,19H,5,10-11H2,1-4,6-8H3,(H2,32,33,34);4H,2-3H2,1H3/b23-9-,27-25-,31-18+;. The third-order valence-corrected chi connectivity index (χ3v) is 7.34. The Morgan fingerprint density at radius 1 is 1.12 bits per heavy atom. The molecule has 6 nitrogen and oxygen atoms in total. The molecule has 2 aliphatic carbocycles. The zero-order valence-corrected chi connectivity index (χ0v) is 25.8. The molecule has 1 aromatic heterocycles. The van der Waals surface area contributed by atoms with Crippen LogP contribution < -0.4 is 10.2 Å². The Labute approximate surface area is 241 Å². The Morgan fingerprint density at radius 3 is 2.15 bits per heavy atom. The van der Waals surface area contributed by atoms with Crippen molar-refractivity contribution in [3.05, 3.63) is 70.8 Å². The van der Waals surface area contributed by atoms with Crippen LogP contribution in [0.15, 0.2) is 68.4 Å². The molecule has 9 heteroatoms. The van der Waals surface area contributed by atoms with E-state index in [1.54, 1.807) is 20.2 Å². The molecule has 0 amide bonds.